The fourth-order valence-corrected chi connectivity index (χ4v) is 3.83. The molecule has 1 atom stereocenters. The average Bonchev–Trinajstić information content (AvgIpc) is 3.27. The standard InChI is InChI=1S/C24H32N2O3S/c1-17(2)19-9-7-18(8-10-19)15-26(16-21-6-5-13-29-21)24(30)25-22-12-11-20(27-3)14-23(22)28-4/h7-12,14,17,21H,5-6,13,15-16H2,1-4H3,(H,25,30). The molecule has 1 aliphatic rings. The molecule has 0 amide bonds. The summed E-state index contributed by atoms with van der Waals surface area (Å²) in [5.41, 5.74) is 3.38. The van der Waals surface area contributed by atoms with Crippen LogP contribution in [0.15, 0.2) is 42.5 Å². The molecule has 2 aromatic carbocycles. The summed E-state index contributed by atoms with van der Waals surface area (Å²) in [7, 11) is 3.28. The Hall–Kier alpha value is -2.31. The lowest BCUT2D eigenvalue weighted by Gasteiger charge is -2.29. The van der Waals surface area contributed by atoms with Gasteiger partial charge in [-0.25, -0.2) is 0 Å². The predicted octanol–water partition coefficient (Wildman–Crippen LogP) is 5.21. The molecule has 1 unspecified atom stereocenters. The molecule has 30 heavy (non-hydrogen) atoms. The molecule has 0 aromatic heterocycles. The van der Waals surface area contributed by atoms with Gasteiger partial charge in [0.2, 0.25) is 0 Å². The van der Waals surface area contributed by atoms with Crippen LogP contribution in [0.2, 0.25) is 0 Å². The van der Waals surface area contributed by atoms with E-state index in [0.717, 1.165) is 44.0 Å². The topological polar surface area (TPSA) is 43.0 Å². The van der Waals surface area contributed by atoms with E-state index in [0.29, 0.717) is 16.8 Å². The molecule has 162 valence electrons. The van der Waals surface area contributed by atoms with E-state index < -0.39 is 0 Å². The Morgan fingerprint density at radius 1 is 1.17 bits per heavy atom. The molecule has 0 radical (unpaired) electrons. The van der Waals surface area contributed by atoms with E-state index in [9.17, 15) is 0 Å². The van der Waals surface area contributed by atoms with Crippen molar-refractivity contribution in [2.24, 2.45) is 0 Å². The van der Waals surface area contributed by atoms with Crippen LogP contribution >= 0.6 is 12.2 Å². The zero-order chi connectivity index (χ0) is 21.5. The molecule has 2 aromatic rings. The van der Waals surface area contributed by atoms with Gasteiger partial charge in [0, 0.05) is 25.8 Å². The average molecular weight is 429 g/mol. The van der Waals surface area contributed by atoms with Crippen molar-refractivity contribution in [1.82, 2.24) is 4.90 Å². The van der Waals surface area contributed by atoms with Crippen LogP contribution in [0.3, 0.4) is 0 Å². The number of benzene rings is 2. The molecule has 1 aliphatic heterocycles. The summed E-state index contributed by atoms with van der Waals surface area (Å²) in [6, 6.07) is 14.4. The fraction of sp³-hybridized carbons (Fsp3) is 0.458. The first kappa shape index (κ1) is 22.4. The second-order valence-electron chi connectivity index (χ2n) is 7.91. The van der Waals surface area contributed by atoms with E-state index >= 15 is 0 Å². The number of rotatable bonds is 8. The predicted molar refractivity (Wildman–Crippen MR) is 126 cm³/mol. The molecular weight excluding hydrogens is 396 g/mol. The minimum Gasteiger partial charge on any atom is -0.497 e. The van der Waals surface area contributed by atoms with Crippen molar-refractivity contribution in [3.05, 3.63) is 53.6 Å². The van der Waals surface area contributed by atoms with E-state index in [1.54, 1.807) is 14.2 Å². The fourth-order valence-electron chi connectivity index (χ4n) is 3.58. The third-order valence-corrected chi connectivity index (χ3v) is 5.77. The first-order chi connectivity index (χ1) is 14.5. The molecule has 0 spiro atoms. The maximum absolute atomic E-state index is 5.88. The van der Waals surface area contributed by atoms with E-state index in [1.807, 2.05) is 18.2 Å². The zero-order valence-electron chi connectivity index (χ0n) is 18.3. The first-order valence-electron chi connectivity index (χ1n) is 10.5. The Morgan fingerprint density at radius 2 is 1.93 bits per heavy atom. The van der Waals surface area contributed by atoms with Gasteiger partial charge in [-0.05, 0) is 54.2 Å². The van der Waals surface area contributed by atoms with Crippen molar-refractivity contribution in [3.63, 3.8) is 0 Å². The highest BCUT2D eigenvalue weighted by Crippen LogP contribution is 2.29. The Morgan fingerprint density at radius 3 is 2.53 bits per heavy atom. The molecular formula is C24H32N2O3S. The summed E-state index contributed by atoms with van der Waals surface area (Å²) in [6.45, 7) is 6.73. The number of ether oxygens (including phenoxy) is 3. The number of nitrogens with zero attached hydrogens (tertiary/aromatic N) is 1. The van der Waals surface area contributed by atoms with Gasteiger partial charge < -0.3 is 24.4 Å². The molecule has 6 heteroatoms. The molecule has 1 fully saturated rings. The Labute approximate surface area is 185 Å². The maximum atomic E-state index is 5.88. The van der Waals surface area contributed by atoms with Gasteiger partial charge in [0.05, 0.1) is 26.0 Å². The lowest BCUT2D eigenvalue weighted by atomic mass is 10.0. The smallest absolute Gasteiger partial charge is 0.173 e. The Balaban J connectivity index is 1.76. The molecule has 5 nitrogen and oxygen atoms in total. The summed E-state index contributed by atoms with van der Waals surface area (Å²) in [5, 5.41) is 4.01. The van der Waals surface area contributed by atoms with Gasteiger partial charge in [-0.2, -0.15) is 0 Å². The summed E-state index contributed by atoms with van der Waals surface area (Å²) in [6.07, 6.45) is 2.38. The highest BCUT2D eigenvalue weighted by Gasteiger charge is 2.22. The summed E-state index contributed by atoms with van der Waals surface area (Å²) >= 11 is 5.80. The van der Waals surface area contributed by atoms with E-state index in [2.05, 4.69) is 48.3 Å². The molecule has 0 saturated carbocycles. The van der Waals surface area contributed by atoms with Crippen LogP contribution in [0.1, 0.15) is 43.7 Å². The van der Waals surface area contributed by atoms with Crippen LogP contribution in [0.5, 0.6) is 11.5 Å². The van der Waals surface area contributed by atoms with Crippen molar-refractivity contribution < 1.29 is 14.2 Å². The number of anilines is 1. The van der Waals surface area contributed by atoms with Crippen LogP contribution in [-0.2, 0) is 11.3 Å². The summed E-state index contributed by atoms with van der Waals surface area (Å²) < 4.78 is 16.7. The van der Waals surface area contributed by atoms with E-state index in [1.165, 1.54) is 11.1 Å². The SMILES string of the molecule is COc1ccc(NC(=S)N(Cc2ccc(C(C)C)cc2)CC2CCCO2)c(OC)c1. The molecule has 1 N–H and O–H groups in total. The van der Waals surface area contributed by atoms with Crippen molar-refractivity contribution in [2.45, 2.75) is 45.3 Å². The minimum absolute atomic E-state index is 0.206. The maximum Gasteiger partial charge on any atom is 0.173 e. The van der Waals surface area contributed by atoms with Crippen LogP contribution < -0.4 is 14.8 Å². The highest BCUT2D eigenvalue weighted by atomic mass is 32.1. The van der Waals surface area contributed by atoms with Crippen molar-refractivity contribution in [2.75, 3.05) is 32.7 Å². The molecule has 0 bridgehead atoms. The monoisotopic (exact) mass is 428 g/mol. The third-order valence-electron chi connectivity index (χ3n) is 5.41. The van der Waals surface area contributed by atoms with Gasteiger partial charge in [0.15, 0.2) is 5.11 Å². The third kappa shape index (κ3) is 5.86. The molecule has 0 aliphatic carbocycles. The molecule has 3 rings (SSSR count). The number of nitrogens with one attached hydrogen (secondary N) is 1. The van der Waals surface area contributed by atoms with Crippen molar-refractivity contribution in [1.29, 1.82) is 0 Å². The van der Waals surface area contributed by atoms with Crippen LogP contribution in [0.4, 0.5) is 5.69 Å². The van der Waals surface area contributed by atoms with Gasteiger partial charge in [0.25, 0.3) is 0 Å². The lowest BCUT2D eigenvalue weighted by Crippen LogP contribution is -2.39. The normalized spacial score (nSPS) is 15.8. The van der Waals surface area contributed by atoms with Crippen LogP contribution in [-0.4, -0.2) is 43.5 Å². The van der Waals surface area contributed by atoms with Crippen LogP contribution in [0, 0.1) is 0 Å². The van der Waals surface area contributed by atoms with E-state index in [4.69, 9.17) is 26.4 Å². The Bertz CT molecular complexity index is 833. The van der Waals surface area contributed by atoms with Crippen molar-refractivity contribution in [3.8, 4) is 11.5 Å². The van der Waals surface area contributed by atoms with Gasteiger partial charge in [-0.15, -0.1) is 0 Å². The number of methoxy groups -OCH3 is 2. The highest BCUT2D eigenvalue weighted by molar-refractivity contribution is 7.80. The first-order valence-corrected chi connectivity index (χ1v) is 10.9. The van der Waals surface area contributed by atoms with E-state index in [-0.39, 0.29) is 6.10 Å². The number of hydrogen-bond donors (Lipinski definition) is 1. The second-order valence-corrected chi connectivity index (χ2v) is 8.29. The summed E-state index contributed by atoms with van der Waals surface area (Å²) in [5.74, 6) is 1.95. The summed E-state index contributed by atoms with van der Waals surface area (Å²) in [4.78, 5) is 2.18. The van der Waals surface area contributed by atoms with Crippen LogP contribution in [0.25, 0.3) is 0 Å². The lowest BCUT2D eigenvalue weighted by molar-refractivity contribution is 0.0905. The number of thiocarbonyl (C=S) groups is 1. The van der Waals surface area contributed by atoms with Gasteiger partial charge in [0.1, 0.15) is 11.5 Å². The van der Waals surface area contributed by atoms with Gasteiger partial charge >= 0.3 is 0 Å². The van der Waals surface area contributed by atoms with Gasteiger partial charge in [-0.1, -0.05) is 38.1 Å². The number of hydrogen-bond acceptors (Lipinski definition) is 4. The van der Waals surface area contributed by atoms with Gasteiger partial charge in [-0.3, -0.25) is 0 Å². The van der Waals surface area contributed by atoms with Crippen molar-refractivity contribution >= 4 is 23.0 Å². The second kappa shape index (κ2) is 10.6. The zero-order valence-corrected chi connectivity index (χ0v) is 19.1. The Kier molecular flexibility index (Phi) is 7.94. The quantitative estimate of drug-likeness (QED) is 0.583. The minimum atomic E-state index is 0.206. The molecule has 1 saturated heterocycles. The largest absolute Gasteiger partial charge is 0.497 e. The molecule has 1 heterocycles.